The number of aliphatic hydroxyl groups is 5. The number of aliphatic carboxylic acids is 1. The minimum absolute atomic E-state index is 0.340. The average molecular weight is 340 g/mol. The molecule has 11 nitrogen and oxygen atoms in total. The third kappa shape index (κ3) is 3.63. The number of carboxylic acid groups (broad SMARTS) is 1. The smallest absolute Gasteiger partial charge is 0.335 e. The van der Waals surface area contributed by atoms with Crippen molar-refractivity contribution in [2.75, 3.05) is 13.7 Å². The van der Waals surface area contributed by atoms with Crippen LogP contribution in [0.15, 0.2) is 0 Å². The molecular formula is C12H20O11. The van der Waals surface area contributed by atoms with Crippen LogP contribution in [0.2, 0.25) is 0 Å². The summed E-state index contributed by atoms with van der Waals surface area (Å²) in [4.78, 5) is 11.2. The molecule has 2 rings (SSSR count). The molecule has 23 heavy (non-hydrogen) atoms. The molecule has 2 heterocycles. The molecule has 0 aromatic carbocycles. The summed E-state index contributed by atoms with van der Waals surface area (Å²) < 4.78 is 19.9. The number of aliphatic hydroxyl groups excluding tert-OH is 5. The molecule has 2 aliphatic rings. The van der Waals surface area contributed by atoms with Gasteiger partial charge in [-0.15, -0.1) is 0 Å². The monoisotopic (exact) mass is 340 g/mol. The summed E-state index contributed by atoms with van der Waals surface area (Å²) in [7, 11) is 1.15. The SMILES string of the molecule is COC1C(C(=O)O)OC(OC2COC(O)C(O)C2O)C(O)C1O. The van der Waals surface area contributed by atoms with Crippen LogP contribution in [-0.4, -0.2) is 106 Å². The molecule has 134 valence electrons. The van der Waals surface area contributed by atoms with Gasteiger partial charge in [0.15, 0.2) is 18.7 Å². The highest BCUT2D eigenvalue weighted by atomic mass is 16.7. The van der Waals surface area contributed by atoms with E-state index in [-0.39, 0.29) is 6.61 Å². The lowest BCUT2D eigenvalue weighted by molar-refractivity contribution is -0.336. The maximum absolute atomic E-state index is 11.2. The highest BCUT2D eigenvalue weighted by Crippen LogP contribution is 2.27. The summed E-state index contributed by atoms with van der Waals surface area (Å²) in [6.07, 6.45) is -13.8. The molecule has 0 bridgehead atoms. The van der Waals surface area contributed by atoms with Crippen LogP contribution in [0.1, 0.15) is 0 Å². The molecule has 2 fully saturated rings. The maximum Gasteiger partial charge on any atom is 0.335 e. The van der Waals surface area contributed by atoms with Crippen molar-refractivity contribution in [2.45, 2.75) is 55.3 Å². The standard InChI is InChI=1S/C12H20O11/c1-20-8-5(14)7(16)12(23-9(8)10(17)18)22-3-2-21-11(19)6(15)4(3)13/h3-9,11-16,19H,2H2,1H3,(H,17,18). The third-order valence-electron chi connectivity index (χ3n) is 3.82. The Morgan fingerprint density at radius 3 is 2.26 bits per heavy atom. The molecule has 0 spiro atoms. The Morgan fingerprint density at radius 1 is 1.04 bits per heavy atom. The predicted octanol–water partition coefficient (Wildman–Crippen LogP) is -4.01. The van der Waals surface area contributed by atoms with Gasteiger partial charge in [-0.3, -0.25) is 0 Å². The summed E-state index contributed by atoms with van der Waals surface area (Å²) in [6, 6.07) is 0. The topological polar surface area (TPSA) is 175 Å². The summed E-state index contributed by atoms with van der Waals surface area (Å²) in [5, 5.41) is 57.6. The van der Waals surface area contributed by atoms with Gasteiger partial charge in [-0.05, 0) is 0 Å². The van der Waals surface area contributed by atoms with E-state index in [0.29, 0.717) is 0 Å². The zero-order chi connectivity index (χ0) is 17.3. The van der Waals surface area contributed by atoms with Crippen molar-refractivity contribution in [3.8, 4) is 0 Å². The Morgan fingerprint density at radius 2 is 1.70 bits per heavy atom. The first kappa shape index (κ1) is 18.4. The van der Waals surface area contributed by atoms with E-state index < -0.39 is 61.3 Å². The van der Waals surface area contributed by atoms with Crippen LogP contribution >= 0.6 is 0 Å². The minimum Gasteiger partial charge on any atom is -0.479 e. The van der Waals surface area contributed by atoms with Gasteiger partial charge in [0, 0.05) is 7.11 Å². The number of hydrogen-bond donors (Lipinski definition) is 6. The van der Waals surface area contributed by atoms with Crippen LogP contribution in [0.25, 0.3) is 0 Å². The summed E-state index contributed by atoms with van der Waals surface area (Å²) in [5.74, 6) is -1.44. The molecular weight excluding hydrogens is 320 g/mol. The van der Waals surface area contributed by atoms with Crippen LogP contribution in [0.3, 0.4) is 0 Å². The Kier molecular flexibility index (Phi) is 5.89. The molecule has 2 aliphatic heterocycles. The van der Waals surface area contributed by atoms with Gasteiger partial charge < -0.3 is 49.6 Å². The van der Waals surface area contributed by atoms with Gasteiger partial charge in [0.25, 0.3) is 0 Å². The average Bonchev–Trinajstić information content (AvgIpc) is 2.51. The van der Waals surface area contributed by atoms with Gasteiger partial charge in [0.05, 0.1) is 6.61 Å². The molecule has 11 heteroatoms. The van der Waals surface area contributed by atoms with E-state index in [4.69, 9.17) is 24.1 Å². The second-order valence-corrected chi connectivity index (χ2v) is 5.32. The number of rotatable bonds is 4. The quantitative estimate of drug-likeness (QED) is 0.294. The Labute approximate surface area is 130 Å². The lowest BCUT2D eigenvalue weighted by atomic mass is 9.98. The number of hydrogen-bond acceptors (Lipinski definition) is 10. The predicted molar refractivity (Wildman–Crippen MR) is 68.0 cm³/mol. The number of methoxy groups -OCH3 is 1. The van der Waals surface area contributed by atoms with Crippen molar-refractivity contribution in [1.29, 1.82) is 0 Å². The highest BCUT2D eigenvalue weighted by Gasteiger charge is 2.50. The van der Waals surface area contributed by atoms with E-state index in [9.17, 15) is 30.3 Å². The van der Waals surface area contributed by atoms with Crippen molar-refractivity contribution >= 4 is 5.97 Å². The van der Waals surface area contributed by atoms with Crippen LogP contribution < -0.4 is 0 Å². The van der Waals surface area contributed by atoms with Crippen molar-refractivity contribution in [3.05, 3.63) is 0 Å². The normalized spacial score (nSPS) is 48.2. The Hall–Kier alpha value is -0.890. The molecule has 0 aromatic rings. The lowest BCUT2D eigenvalue weighted by Crippen LogP contribution is -2.63. The van der Waals surface area contributed by atoms with Gasteiger partial charge in [-0.25, -0.2) is 4.79 Å². The fourth-order valence-corrected chi connectivity index (χ4v) is 2.48. The van der Waals surface area contributed by atoms with Gasteiger partial charge in [-0.1, -0.05) is 0 Å². The summed E-state index contributed by atoms with van der Waals surface area (Å²) >= 11 is 0. The van der Waals surface area contributed by atoms with Gasteiger partial charge >= 0.3 is 5.97 Å². The van der Waals surface area contributed by atoms with E-state index in [1.54, 1.807) is 0 Å². The van der Waals surface area contributed by atoms with E-state index in [1.165, 1.54) is 0 Å². The fraction of sp³-hybridized carbons (Fsp3) is 0.917. The zero-order valence-electron chi connectivity index (χ0n) is 12.1. The van der Waals surface area contributed by atoms with Gasteiger partial charge in [-0.2, -0.15) is 0 Å². The Balaban J connectivity index is 2.08. The number of carboxylic acids is 1. The molecule has 0 aliphatic carbocycles. The van der Waals surface area contributed by atoms with E-state index in [0.717, 1.165) is 7.11 Å². The molecule has 6 N–H and O–H groups in total. The second-order valence-electron chi connectivity index (χ2n) is 5.32. The molecule has 0 radical (unpaired) electrons. The van der Waals surface area contributed by atoms with Crippen LogP contribution in [-0.2, 0) is 23.7 Å². The maximum atomic E-state index is 11.2. The third-order valence-corrected chi connectivity index (χ3v) is 3.82. The van der Waals surface area contributed by atoms with E-state index in [2.05, 4.69) is 0 Å². The molecule has 0 amide bonds. The van der Waals surface area contributed by atoms with Crippen molar-refractivity contribution < 1.29 is 54.4 Å². The zero-order valence-corrected chi connectivity index (χ0v) is 12.1. The van der Waals surface area contributed by atoms with Crippen LogP contribution in [0.5, 0.6) is 0 Å². The lowest BCUT2D eigenvalue weighted by Gasteiger charge is -2.43. The molecule has 9 atom stereocenters. The molecule has 0 saturated carbocycles. The highest BCUT2D eigenvalue weighted by molar-refractivity contribution is 5.73. The summed E-state index contributed by atoms with van der Waals surface area (Å²) in [6.45, 7) is -0.340. The Bertz CT molecular complexity index is 418. The van der Waals surface area contributed by atoms with E-state index >= 15 is 0 Å². The first-order valence-corrected chi connectivity index (χ1v) is 6.86. The van der Waals surface area contributed by atoms with Crippen LogP contribution in [0, 0.1) is 0 Å². The molecule has 2 saturated heterocycles. The second kappa shape index (κ2) is 7.34. The first-order valence-electron chi connectivity index (χ1n) is 6.86. The number of ether oxygens (including phenoxy) is 4. The largest absolute Gasteiger partial charge is 0.479 e. The molecule has 0 aromatic heterocycles. The van der Waals surface area contributed by atoms with Gasteiger partial charge in [0.2, 0.25) is 0 Å². The molecule has 9 unspecified atom stereocenters. The van der Waals surface area contributed by atoms with Crippen molar-refractivity contribution in [2.24, 2.45) is 0 Å². The minimum atomic E-state index is -1.66. The van der Waals surface area contributed by atoms with Crippen molar-refractivity contribution in [3.63, 3.8) is 0 Å². The van der Waals surface area contributed by atoms with Gasteiger partial charge in [0.1, 0.15) is 36.6 Å². The first-order chi connectivity index (χ1) is 10.8. The summed E-state index contributed by atoms with van der Waals surface area (Å²) in [5.41, 5.74) is 0. The van der Waals surface area contributed by atoms with Crippen LogP contribution in [0.4, 0.5) is 0 Å². The van der Waals surface area contributed by atoms with E-state index in [1.807, 2.05) is 0 Å². The van der Waals surface area contributed by atoms with Crippen molar-refractivity contribution in [1.82, 2.24) is 0 Å². The number of carbonyl (C=O) groups is 1. The fourth-order valence-electron chi connectivity index (χ4n) is 2.48.